The van der Waals surface area contributed by atoms with E-state index < -0.39 is 41.3 Å². The van der Waals surface area contributed by atoms with E-state index in [1.165, 1.54) is 15.8 Å². The van der Waals surface area contributed by atoms with Gasteiger partial charge in [-0.3, -0.25) is 38.3 Å². The van der Waals surface area contributed by atoms with Crippen molar-refractivity contribution < 1.29 is 33.8 Å². The van der Waals surface area contributed by atoms with Crippen molar-refractivity contribution in [3.05, 3.63) is 139 Å². The molecule has 0 radical (unpaired) electrons. The average molecular weight is 1150 g/mol. The molecule has 5 aromatic rings. The number of piperazine rings is 1. The quantitative estimate of drug-likeness (QED) is 0.0671. The molecule has 1 aliphatic carbocycles. The van der Waals surface area contributed by atoms with Gasteiger partial charge in [0.25, 0.3) is 11.5 Å². The summed E-state index contributed by atoms with van der Waals surface area (Å²) in [5, 5.41) is 27.9. The van der Waals surface area contributed by atoms with Gasteiger partial charge in [0.15, 0.2) is 5.69 Å². The van der Waals surface area contributed by atoms with Crippen molar-refractivity contribution in [2.75, 3.05) is 52.5 Å². The molecule has 3 fully saturated rings. The maximum absolute atomic E-state index is 14.2. The number of amides is 5. The van der Waals surface area contributed by atoms with Crippen molar-refractivity contribution >= 4 is 46.4 Å². The van der Waals surface area contributed by atoms with E-state index >= 15 is 0 Å². The van der Waals surface area contributed by atoms with Crippen LogP contribution in [0.2, 0.25) is 0 Å². The van der Waals surface area contributed by atoms with Gasteiger partial charge >= 0.3 is 0 Å². The predicted octanol–water partition coefficient (Wildman–Crippen LogP) is 5.67. The zero-order valence-electron chi connectivity index (χ0n) is 49.1. The molecule has 2 aromatic carbocycles. The highest BCUT2D eigenvalue weighted by atomic mass is 32.1. The fourth-order valence-electron chi connectivity index (χ4n) is 11.8. The van der Waals surface area contributed by atoms with E-state index in [0.29, 0.717) is 64.0 Å². The second-order valence-electron chi connectivity index (χ2n) is 23.6. The topological polar surface area (TPSA) is 240 Å². The highest BCUT2D eigenvalue weighted by Gasteiger charge is 2.44. The largest absolute Gasteiger partial charge is 0.391 e. The van der Waals surface area contributed by atoms with Gasteiger partial charge in [0, 0.05) is 108 Å². The number of likely N-dealkylation sites (tertiary alicyclic amines) is 1. The number of benzene rings is 2. The molecule has 0 spiro atoms. The first-order valence-electron chi connectivity index (χ1n) is 29.0. The maximum atomic E-state index is 14.2. The molecule has 5 N–H and O–H groups in total. The number of rotatable bonds is 19. The Labute approximate surface area is 489 Å². The summed E-state index contributed by atoms with van der Waals surface area (Å²) >= 11 is 1.57. The highest BCUT2D eigenvalue weighted by molar-refractivity contribution is 7.13. The summed E-state index contributed by atoms with van der Waals surface area (Å²) in [6.45, 7) is 21.1. The number of aromatic nitrogens is 5. The Morgan fingerprint density at radius 3 is 2.25 bits per heavy atom. The molecule has 4 aliphatic rings. The van der Waals surface area contributed by atoms with Gasteiger partial charge in [-0.1, -0.05) is 74.5 Å². The Bertz CT molecular complexity index is 3270. The van der Waals surface area contributed by atoms with Crippen LogP contribution in [0.4, 0.5) is 0 Å². The number of thiazole rings is 1. The first-order valence-corrected chi connectivity index (χ1v) is 29.9. The minimum atomic E-state index is -0.996. The van der Waals surface area contributed by atoms with Crippen LogP contribution in [0.5, 0.6) is 0 Å². The number of H-pyrrole nitrogens is 1. The Morgan fingerprint density at radius 1 is 0.904 bits per heavy atom. The standard InChI is InChI=1S/C62H80N12O8S/c1-9-73(47-19-26-82-27-20-47)52-30-46(29-49(40(52)4)57(77)64-33-50-38(2)28-39(3)66-58(50)78)44-14-12-43(13-15-44)34-70-22-24-71(25-23-70)60(80)51-36-72(69-68-51)21-18-54(76)67-56(62(6,7)8)61(81)74-35-48(75)31-53(74)59(79)63-32-42-10-16-45(17-11-42)55-41(5)65-37-83-55/h10-17,28,30,36-37,47-49,53,56,75H,9,18-27,29,31-35H2,1-8H3,(H,63,79)(H,64,77)(H,66,78)(H,67,76)/t48-,49?,53+,56-/m1/s1. The lowest BCUT2D eigenvalue weighted by atomic mass is 9.82. The lowest BCUT2D eigenvalue weighted by Crippen LogP contribution is -2.57. The SMILES string of the molecule is CCN(C1=C(C)C(C(=O)NCc2c(C)cc(C)[nH]c2=O)CC(c2ccc(CN3CCN(C(=O)c4cn(CCC(=O)N[C@H](C(=O)N5C[C@H](O)C[C@H]5C(=O)NCc5ccc(-c6scnc6C)cc5)C(C)(C)C)nn4)CC3)cc2)=C1)C1CCOCC1. The first-order chi connectivity index (χ1) is 39.7. The van der Waals surface area contributed by atoms with E-state index in [-0.39, 0.29) is 68.0 Å². The van der Waals surface area contributed by atoms with Crippen LogP contribution >= 0.6 is 11.3 Å². The first kappa shape index (κ1) is 60.3. The number of carbonyl (C=O) groups is 5. The van der Waals surface area contributed by atoms with Crippen LogP contribution < -0.4 is 21.5 Å². The van der Waals surface area contributed by atoms with Crippen LogP contribution in [0.3, 0.4) is 0 Å². The second-order valence-corrected chi connectivity index (χ2v) is 24.5. The van der Waals surface area contributed by atoms with E-state index in [1.807, 2.05) is 77.4 Å². The molecule has 5 amide bonds. The van der Waals surface area contributed by atoms with Crippen LogP contribution in [0.25, 0.3) is 16.0 Å². The molecule has 0 saturated carbocycles. The molecule has 21 heteroatoms. The molecular formula is C62H80N12O8S. The van der Waals surface area contributed by atoms with Gasteiger partial charge in [-0.25, -0.2) is 4.98 Å². The second kappa shape index (κ2) is 26.5. The molecule has 4 atom stereocenters. The molecule has 3 saturated heterocycles. The summed E-state index contributed by atoms with van der Waals surface area (Å²) in [7, 11) is 0. The van der Waals surface area contributed by atoms with Crippen molar-refractivity contribution in [1.82, 2.24) is 60.5 Å². The third kappa shape index (κ3) is 14.5. The zero-order valence-corrected chi connectivity index (χ0v) is 49.9. The number of nitrogens with one attached hydrogen (secondary N) is 4. The van der Waals surface area contributed by atoms with Gasteiger partial charge in [-0.2, -0.15) is 0 Å². The number of allylic oxidation sites excluding steroid dienone is 2. The number of carbonyl (C=O) groups excluding carboxylic acids is 5. The van der Waals surface area contributed by atoms with E-state index in [0.717, 1.165) is 80.3 Å². The number of ether oxygens (including phenoxy) is 1. The van der Waals surface area contributed by atoms with Crippen LogP contribution in [-0.2, 0) is 50.1 Å². The van der Waals surface area contributed by atoms with Crippen molar-refractivity contribution in [2.24, 2.45) is 11.3 Å². The lowest BCUT2D eigenvalue weighted by molar-refractivity contribution is -0.144. The van der Waals surface area contributed by atoms with Crippen molar-refractivity contribution in [3.8, 4) is 10.4 Å². The van der Waals surface area contributed by atoms with Gasteiger partial charge in [0.05, 0.1) is 40.8 Å². The Hall–Kier alpha value is -7.33. The van der Waals surface area contributed by atoms with E-state index in [4.69, 9.17) is 4.74 Å². The van der Waals surface area contributed by atoms with Crippen molar-refractivity contribution in [1.29, 1.82) is 0 Å². The molecule has 1 unspecified atom stereocenters. The molecule has 20 nitrogen and oxygen atoms in total. The number of likely N-dealkylation sites (N-methyl/N-ethyl adjacent to an activating group) is 1. The van der Waals surface area contributed by atoms with Gasteiger partial charge in [0.1, 0.15) is 12.1 Å². The smallest absolute Gasteiger partial charge is 0.276 e. The van der Waals surface area contributed by atoms with Gasteiger partial charge < -0.3 is 45.5 Å². The monoisotopic (exact) mass is 1150 g/mol. The number of pyridine rings is 1. The van der Waals surface area contributed by atoms with Gasteiger partial charge in [-0.05, 0) is 110 Å². The van der Waals surface area contributed by atoms with Gasteiger partial charge in [-0.15, -0.1) is 16.4 Å². The summed E-state index contributed by atoms with van der Waals surface area (Å²) in [4.78, 5) is 98.2. The number of hydrogen-bond donors (Lipinski definition) is 5. The van der Waals surface area contributed by atoms with Crippen LogP contribution in [-0.4, -0.2) is 156 Å². The number of aromatic amines is 1. The minimum absolute atomic E-state index is 0.0384. The van der Waals surface area contributed by atoms with E-state index in [2.05, 4.69) is 90.2 Å². The average Bonchev–Trinajstić information content (AvgIpc) is 4.36. The predicted molar refractivity (Wildman–Crippen MR) is 317 cm³/mol. The Kier molecular flexibility index (Phi) is 19.2. The summed E-state index contributed by atoms with van der Waals surface area (Å²) in [6.07, 6.45) is 5.29. The zero-order chi connectivity index (χ0) is 59.1. The third-order valence-corrected chi connectivity index (χ3v) is 17.6. The molecule has 3 aliphatic heterocycles. The molecule has 0 bridgehead atoms. The molecule has 3 aromatic heterocycles. The van der Waals surface area contributed by atoms with Crippen molar-refractivity contribution in [2.45, 2.75) is 138 Å². The molecular weight excluding hydrogens is 1070 g/mol. The number of hydrogen-bond acceptors (Lipinski definition) is 14. The normalized spacial score (nSPS) is 19.3. The molecule has 6 heterocycles. The molecule has 9 rings (SSSR count). The number of aliphatic hydroxyl groups is 1. The molecule has 442 valence electrons. The lowest BCUT2D eigenvalue weighted by Gasteiger charge is -2.39. The van der Waals surface area contributed by atoms with E-state index in [1.54, 1.807) is 16.2 Å². The van der Waals surface area contributed by atoms with Crippen molar-refractivity contribution in [3.63, 3.8) is 0 Å². The van der Waals surface area contributed by atoms with Gasteiger partial charge in [0.2, 0.25) is 23.6 Å². The number of β-amino-alcohol motifs (C(OH)–C–C–N with tert-alkyl or cyclic N) is 1. The van der Waals surface area contributed by atoms with Crippen LogP contribution in [0, 0.1) is 32.1 Å². The summed E-state index contributed by atoms with van der Waals surface area (Å²) in [5.41, 5.74) is 11.5. The maximum Gasteiger partial charge on any atom is 0.276 e. The van der Waals surface area contributed by atoms with Crippen LogP contribution in [0.15, 0.2) is 88.4 Å². The number of aliphatic hydroxyl groups excluding tert-OH is 1. The minimum Gasteiger partial charge on any atom is -0.391 e. The Balaban J connectivity index is 0.754. The number of nitrogens with zero attached hydrogens (tertiary/aromatic N) is 8. The third-order valence-electron chi connectivity index (χ3n) is 16.6. The van der Waals surface area contributed by atoms with Crippen LogP contribution in [0.1, 0.15) is 116 Å². The Morgan fingerprint density at radius 2 is 1.59 bits per heavy atom. The fourth-order valence-corrected chi connectivity index (χ4v) is 12.6. The van der Waals surface area contributed by atoms with E-state index in [9.17, 15) is 33.9 Å². The fraction of sp³-hybridized carbons (Fsp3) is 0.500. The summed E-state index contributed by atoms with van der Waals surface area (Å²) < 4.78 is 7.17. The summed E-state index contributed by atoms with van der Waals surface area (Å²) in [6, 6.07) is 16.7. The molecule has 83 heavy (non-hydrogen) atoms. The summed E-state index contributed by atoms with van der Waals surface area (Å²) in [5.74, 6) is -2.03. The highest BCUT2D eigenvalue weighted by Crippen LogP contribution is 2.38. The number of aryl methyl sites for hydroxylation is 4.